The summed E-state index contributed by atoms with van der Waals surface area (Å²) in [4.78, 5) is 0. The second kappa shape index (κ2) is 14.1. The van der Waals surface area contributed by atoms with Gasteiger partial charge in [0.15, 0.2) is 0 Å². The molecule has 0 fully saturated rings. The van der Waals surface area contributed by atoms with Crippen molar-refractivity contribution in [2.24, 2.45) is 0 Å². The molecule has 0 bridgehead atoms. The van der Waals surface area contributed by atoms with Gasteiger partial charge in [-0.15, -0.1) is 33.1 Å². The first-order chi connectivity index (χ1) is 15.3. The Morgan fingerprint density at radius 1 is 0.400 bits per heavy atom. The van der Waals surface area contributed by atoms with E-state index in [9.17, 15) is 0 Å². The minimum absolute atomic E-state index is 0. The van der Waals surface area contributed by atoms with E-state index < -0.39 is 0 Å². The second-order valence-corrected chi connectivity index (χ2v) is 12.8. The van der Waals surface area contributed by atoms with E-state index in [-0.39, 0.29) is 54.7 Å². The molecule has 0 N–H and O–H groups in total. The van der Waals surface area contributed by atoms with E-state index in [1.165, 1.54) is 0 Å². The molecule has 0 unspecified atom stereocenters. The van der Waals surface area contributed by atoms with Gasteiger partial charge in [0.25, 0.3) is 0 Å². The van der Waals surface area contributed by atoms with Gasteiger partial charge in [0.1, 0.15) is 0 Å². The summed E-state index contributed by atoms with van der Waals surface area (Å²) in [7, 11) is 0. The van der Waals surface area contributed by atoms with Crippen LogP contribution in [-0.4, -0.2) is 36.1 Å². The molecule has 0 saturated heterocycles. The Morgan fingerprint density at radius 3 is 0.771 bits per heavy atom. The van der Waals surface area contributed by atoms with Crippen molar-refractivity contribution in [3.63, 3.8) is 0 Å². The molecule has 1 radical (unpaired) electrons. The van der Waals surface area contributed by atoms with Gasteiger partial charge in [0.2, 0.25) is 0 Å². The molecule has 0 spiro atoms. The molecule has 2 aromatic carbocycles. The van der Waals surface area contributed by atoms with Crippen LogP contribution in [-0.2, 0) is 18.6 Å². The van der Waals surface area contributed by atoms with E-state index in [0.717, 1.165) is 10.9 Å². The van der Waals surface area contributed by atoms with Gasteiger partial charge in [0, 0.05) is 0 Å². The fraction of sp³-hybridized carbons (Fsp3) is 0.571. The second-order valence-electron chi connectivity index (χ2n) is 12.8. The van der Waals surface area contributed by atoms with Crippen LogP contribution in [0.5, 0.6) is 0 Å². The SMILES string of the molecule is CC(C)(C)[N-]B([N-]C(C)(C)C)c1ccccc1.CC(C)(C)[N-]B([N-]C(C)(C)C)c1ccccc1.[V+4]. The molecule has 0 aromatic heterocycles. The van der Waals surface area contributed by atoms with Crippen LogP contribution in [0.25, 0.3) is 20.9 Å². The van der Waals surface area contributed by atoms with Gasteiger partial charge in [-0.2, -0.15) is 0 Å². The minimum atomic E-state index is -0.0741. The van der Waals surface area contributed by atoms with Crippen molar-refractivity contribution in [2.75, 3.05) is 0 Å². The predicted molar refractivity (Wildman–Crippen MR) is 156 cm³/mol. The Balaban J connectivity index is 0.000000642. The van der Waals surface area contributed by atoms with E-state index in [2.05, 4.69) is 107 Å². The molecular weight excluding hydrogens is 465 g/mol. The summed E-state index contributed by atoms with van der Waals surface area (Å²) >= 11 is 0. The third-order valence-electron chi connectivity index (χ3n) is 4.23. The average Bonchev–Trinajstić information content (AvgIpc) is 2.64. The van der Waals surface area contributed by atoms with E-state index in [1.54, 1.807) is 0 Å². The molecule has 0 aliphatic rings. The van der Waals surface area contributed by atoms with E-state index >= 15 is 0 Å². The van der Waals surface area contributed by atoms with Gasteiger partial charge >= 0.3 is 18.6 Å². The summed E-state index contributed by atoms with van der Waals surface area (Å²) in [5.41, 5.74) is 2.03. The van der Waals surface area contributed by atoms with Gasteiger partial charge in [-0.1, -0.05) is 158 Å². The standard InChI is InChI=1S/2C14H23BN2.V/c2*1-13(2,3)16-15(17-14(4,5)6)12-10-8-7-9-11-12;/h2*7-11H,1-6H3;/q2*-2;+4. The van der Waals surface area contributed by atoms with Gasteiger partial charge < -0.3 is 20.9 Å². The fourth-order valence-electron chi connectivity index (χ4n) is 3.07. The van der Waals surface area contributed by atoms with Crippen LogP contribution >= 0.6 is 0 Å². The third kappa shape index (κ3) is 17.1. The molecule has 0 aliphatic heterocycles. The smallest absolute Gasteiger partial charge is 0.695 e. The Morgan fingerprint density at radius 2 is 0.600 bits per heavy atom. The predicted octanol–water partition coefficient (Wildman–Crippen LogP) is 7.45. The van der Waals surface area contributed by atoms with Gasteiger partial charge in [-0.3, -0.25) is 0 Å². The van der Waals surface area contributed by atoms with Crippen LogP contribution in [0.4, 0.5) is 0 Å². The van der Waals surface area contributed by atoms with Crippen molar-refractivity contribution in [3.8, 4) is 0 Å². The van der Waals surface area contributed by atoms with E-state index in [1.807, 2.05) is 36.4 Å². The Labute approximate surface area is 229 Å². The van der Waals surface area contributed by atoms with Crippen LogP contribution in [0.3, 0.4) is 0 Å². The topological polar surface area (TPSA) is 56.4 Å². The average molecular weight is 511 g/mol. The van der Waals surface area contributed by atoms with Crippen molar-refractivity contribution < 1.29 is 18.6 Å². The summed E-state index contributed by atoms with van der Waals surface area (Å²) < 4.78 is 0. The summed E-state index contributed by atoms with van der Waals surface area (Å²) in [5, 5.41) is 19.2. The monoisotopic (exact) mass is 511 g/mol. The molecule has 0 aliphatic carbocycles. The maximum atomic E-state index is 4.80. The van der Waals surface area contributed by atoms with Crippen LogP contribution in [0, 0.1) is 0 Å². The zero-order valence-electron chi connectivity index (χ0n) is 24.2. The summed E-state index contributed by atoms with van der Waals surface area (Å²) in [6.07, 6.45) is 0. The van der Waals surface area contributed by atoms with Gasteiger partial charge in [0.05, 0.1) is 0 Å². The normalized spacial score (nSPS) is 12.2. The number of rotatable bonds is 6. The van der Waals surface area contributed by atoms with Crippen molar-refractivity contribution >= 4 is 24.9 Å². The maximum Gasteiger partial charge on any atom is 4.00 e. The van der Waals surface area contributed by atoms with Crippen molar-refractivity contribution in [1.29, 1.82) is 0 Å². The maximum absolute atomic E-state index is 4.80. The fourth-order valence-corrected chi connectivity index (χ4v) is 3.07. The number of hydrogen-bond donors (Lipinski definition) is 0. The number of benzene rings is 2. The number of hydrogen-bond acceptors (Lipinski definition) is 0. The van der Waals surface area contributed by atoms with Crippen LogP contribution < -0.4 is 10.9 Å². The molecule has 7 heteroatoms. The molecule has 0 heterocycles. The van der Waals surface area contributed by atoms with Crippen molar-refractivity contribution in [2.45, 2.75) is 105 Å². The Kier molecular flexibility index (Phi) is 13.7. The zero-order valence-corrected chi connectivity index (χ0v) is 25.6. The molecule has 35 heavy (non-hydrogen) atoms. The molecule has 2 rings (SSSR count). The van der Waals surface area contributed by atoms with Crippen LogP contribution in [0.1, 0.15) is 83.1 Å². The first-order valence-electron chi connectivity index (χ1n) is 12.3. The Hall–Kier alpha value is -1.01. The zero-order chi connectivity index (χ0) is 26.2. The number of nitrogens with zero attached hydrogens (tertiary/aromatic N) is 4. The van der Waals surface area contributed by atoms with Gasteiger partial charge in [-0.25, -0.2) is 0 Å². The van der Waals surface area contributed by atoms with Crippen molar-refractivity contribution in [3.05, 3.63) is 81.6 Å². The first kappa shape index (κ1) is 34.0. The van der Waals surface area contributed by atoms with E-state index in [0.29, 0.717) is 0 Å². The molecule has 0 saturated carbocycles. The summed E-state index contributed by atoms with van der Waals surface area (Å²) in [5.74, 6) is 0. The van der Waals surface area contributed by atoms with Crippen molar-refractivity contribution in [1.82, 2.24) is 0 Å². The molecular formula is C28H46B2N4V. The van der Waals surface area contributed by atoms with E-state index in [4.69, 9.17) is 20.9 Å². The molecule has 0 amide bonds. The molecule has 189 valence electrons. The first-order valence-corrected chi connectivity index (χ1v) is 12.3. The largest absolute Gasteiger partial charge is 4.00 e. The Bertz CT molecular complexity index is 717. The molecule has 2 aromatic rings. The quantitative estimate of drug-likeness (QED) is 0.362. The molecule has 4 nitrogen and oxygen atoms in total. The van der Waals surface area contributed by atoms with Crippen LogP contribution in [0.15, 0.2) is 60.7 Å². The van der Waals surface area contributed by atoms with Gasteiger partial charge in [-0.05, 0) is 0 Å². The molecule has 0 atom stereocenters. The third-order valence-corrected chi connectivity index (χ3v) is 4.23. The summed E-state index contributed by atoms with van der Waals surface area (Å²) in [6, 6.07) is 20.6. The minimum Gasteiger partial charge on any atom is -0.695 e. The summed E-state index contributed by atoms with van der Waals surface area (Å²) in [6.45, 7) is 25.2. The van der Waals surface area contributed by atoms with Crippen LogP contribution in [0.2, 0.25) is 0 Å².